The standard InChI is InChI=1S/C30H34ClFN6O2.C2H3N/c1-20(32)29(39)37-16-14-36(15-17-37)28-23-11-13-38(26-10-4-7-21-6-3-9-24(31)27(21)26)18-25(23)33-30(34-28)40-19-22-8-5-12-35(22)2;1-2-3/h3-4,6-7,9-10,22H,1,5,8,11-19H2,2H3;1H3. The average Bonchev–Trinajstić information content (AvgIpc) is 3.43. The number of halogens is 2. The highest BCUT2D eigenvalue weighted by molar-refractivity contribution is 6.36. The Morgan fingerprint density at radius 1 is 1.12 bits per heavy atom. The van der Waals surface area contributed by atoms with Gasteiger partial charge in [-0.15, -0.1) is 0 Å². The van der Waals surface area contributed by atoms with E-state index in [1.165, 1.54) is 11.8 Å². The van der Waals surface area contributed by atoms with E-state index in [-0.39, 0.29) is 0 Å². The van der Waals surface area contributed by atoms with Crippen LogP contribution in [0.4, 0.5) is 15.9 Å². The maximum atomic E-state index is 13.5. The molecule has 9 nitrogen and oxygen atoms in total. The first kappa shape index (κ1) is 30.5. The molecule has 226 valence electrons. The third kappa shape index (κ3) is 6.68. The molecule has 2 aromatic carbocycles. The number of carbonyl (C=O) groups excluding carboxylic acids is 1. The molecule has 11 heteroatoms. The van der Waals surface area contributed by atoms with Crippen molar-refractivity contribution < 1.29 is 13.9 Å². The van der Waals surface area contributed by atoms with Gasteiger partial charge in [0, 0.05) is 62.3 Å². The molecule has 3 aliphatic rings. The highest BCUT2D eigenvalue weighted by Gasteiger charge is 2.30. The van der Waals surface area contributed by atoms with Crippen molar-refractivity contribution in [2.45, 2.75) is 38.8 Å². The molecule has 0 spiro atoms. The number of rotatable bonds is 6. The van der Waals surface area contributed by atoms with Gasteiger partial charge in [0.15, 0.2) is 5.83 Å². The molecule has 1 unspecified atom stereocenters. The molecule has 6 rings (SSSR count). The fraction of sp³-hybridized carbons (Fsp3) is 0.438. The summed E-state index contributed by atoms with van der Waals surface area (Å²) in [6.45, 7) is 9.52. The molecule has 0 aliphatic carbocycles. The largest absolute Gasteiger partial charge is 0.462 e. The number of carbonyl (C=O) groups is 1. The van der Waals surface area contributed by atoms with Crippen molar-refractivity contribution in [3.8, 4) is 12.1 Å². The Kier molecular flexibility index (Phi) is 9.63. The van der Waals surface area contributed by atoms with E-state index in [9.17, 15) is 9.18 Å². The Hall–Kier alpha value is -3.94. The molecule has 0 bridgehead atoms. The van der Waals surface area contributed by atoms with Gasteiger partial charge in [0.25, 0.3) is 5.91 Å². The Bertz CT molecular complexity index is 1530. The zero-order chi connectivity index (χ0) is 30.5. The number of piperazine rings is 1. The van der Waals surface area contributed by atoms with E-state index in [1.807, 2.05) is 12.1 Å². The quantitative estimate of drug-likeness (QED) is 0.364. The van der Waals surface area contributed by atoms with Crippen LogP contribution in [0, 0.1) is 11.3 Å². The molecule has 43 heavy (non-hydrogen) atoms. The molecule has 0 radical (unpaired) electrons. The molecule has 3 aliphatic heterocycles. The van der Waals surface area contributed by atoms with Crippen molar-refractivity contribution in [3.63, 3.8) is 0 Å². The molecule has 2 saturated heterocycles. The van der Waals surface area contributed by atoms with Crippen molar-refractivity contribution in [2.24, 2.45) is 0 Å². The molecule has 0 N–H and O–H groups in total. The summed E-state index contributed by atoms with van der Waals surface area (Å²) in [7, 11) is 2.13. The van der Waals surface area contributed by atoms with Gasteiger partial charge in [-0.1, -0.05) is 42.4 Å². The number of amides is 1. The van der Waals surface area contributed by atoms with Gasteiger partial charge in [0.05, 0.1) is 23.3 Å². The first-order chi connectivity index (χ1) is 20.8. The summed E-state index contributed by atoms with van der Waals surface area (Å²) in [4.78, 5) is 30.3. The Morgan fingerprint density at radius 2 is 1.84 bits per heavy atom. The minimum absolute atomic E-state index is 0.348. The van der Waals surface area contributed by atoms with E-state index >= 15 is 0 Å². The van der Waals surface area contributed by atoms with E-state index in [0.29, 0.717) is 51.4 Å². The van der Waals surface area contributed by atoms with Crippen LogP contribution in [0.15, 0.2) is 48.8 Å². The van der Waals surface area contributed by atoms with Crippen LogP contribution >= 0.6 is 11.6 Å². The Labute approximate surface area is 257 Å². The van der Waals surface area contributed by atoms with Gasteiger partial charge in [-0.3, -0.25) is 4.79 Å². The minimum Gasteiger partial charge on any atom is -0.462 e. The second-order valence-electron chi connectivity index (χ2n) is 11.0. The number of benzene rings is 2. The molecule has 1 aromatic heterocycles. The number of hydrogen-bond acceptors (Lipinski definition) is 8. The monoisotopic (exact) mass is 605 g/mol. The lowest BCUT2D eigenvalue weighted by Crippen LogP contribution is -2.49. The van der Waals surface area contributed by atoms with Crippen LogP contribution in [0.5, 0.6) is 6.01 Å². The lowest BCUT2D eigenvalue weighted by Gasteiger charge is -2.38. The fourth-order valence-electron chi connectivity index (χ4n) is 6.11. The molecule has 1 atom stereocenters. The smallest absolute Gasteiger partial charge is 0.318 e. The molecule has 0 saturated carbocycles. The normalized spacial score (nSPS) is 18.5. The van der Waals surface area contributed by atoms with Crippen molar-refractivity contribution in [2.75, 3.05) is 62.7 Å². The van der Waals surface area contributed by atoms with Gasteiger partial charge in [-0.2, -0.15) is 15.2 Å². The number of likely N-dealkylation sites (tertiary alicyclic amines) is 1. The number of fused-ring (bicyclic) bond motifs is 2. The number of anilines is 2. The van der Waals surface area contributed by atoms with E-state index in [1.54, 1.807) is 6.07 Å². The lowest BCUT2D eigenvalue weighted by atomic mass is 10.0. The number of nitrogens with zero attached hydrogens (tertiary/aromatic N) is 7. The minimum atomic E-state index is -0.922. The van der Waals surface area contributed by atoms with E-state index in [0.717, 1.165) is 70.9 Å². The maximum absolute atomic E-state index is 13.5. The SMILES string of the molecule is C=C(F)C(=O)N1CCN(c2nc(OCC3CCCN3C)nc3c2CCN(c2cccc4cccc(Cl)c24)C3)CC1.CC#N. The molecular weight excluding hydrogens is 569 g/mol. The van der Waals surface area contributed by atoms with Crippen LogP contribution in [0.2, 0.25) is 5.02 Å². The summed E-state index contributed by atoms with van der Waals surface area (Å²) in [6.07, 6.45) is 3.02. The summed E-state index contributed by atoms with van der Waals surface area (Å²) in [6, 6.07) is 14.7. The van der Waals surface area contributed by atoms with Gasteiger partial charge in [-0.25, -0.2) is 4.39 Å². The lowest BCUT2D eigenvalue weighted by molar-refractivity contribution is -0.128. The van der Waals surface area contributed by atoms with Crippen molar-refractivity contribution in [1.82, 2.24) is 19.8 Å². The summed E-state index contributed by atoms with van der Waals surface area (Å²) < 4.78 is 19.7. The summed E-state index contributed by atoms with van der Waals surface area (Å²) in [5.74, 6) is -0.714. The number of aromatic nitrogens is 2. The summed E-state index contributed by atoms with van der Waals surface area (Å²) in [5.41, 5.74) is 3.12. The summed E-state index contributed by atoms with van der Waals surface area (Å²) in [5, 5.41) is 10.2. The van der Waals surface area contributed by atoms with E-state index in [4.69, 9.17) is 31.6 Å². The highest BCUT2D eigenvalue weighted by Crippen LogP contribution is 2.37. The number of nitriles is 1. The number of ether oxygens (including phenoxy) is 1. The van der Waals surface area contributed by atoms with Crippen molar-refractivity contribution in [1.29, 1.82) is 5.26 Å². The first-order valence-corrected chi connectivity index (χ1v) is 15.0. The first-order valence-electron chi connectivity index (χ1n) is 14.6. The van der Waals surface area contributed by atoms with Crippen LogP contribution in [-0.4, -0.2) is 84.6 Å². The number of likely N-dealkylation sites (N-methyl/N-ethyl adjacent to an activating group) is 1. The maximum Gasteiger partial charge on any atom is 0.318 e. The highest BCUT2D eigenvalue weighted by atomic mass is 35.5. The predicted molar refractivity (Wildman–Crippen MR) is 167 cm³/mol. The Morgan fingerprint density at radius 3 is 2.51 bits per heavy atom. The van der Waals surface area contributed by atoms with Crippen LogP contribution < -0.4 is 14.5 Å². The third-order valence-electron chi connectivity index (χ3n) is 8.37. The second kappa shape index (κ2) is 13.6. The molecule has 1 amide bonds. The van der Waals surface area contributed by atoms with Gasteiger partial charge in [0.2, 0.25) is 0 Å². The van der Waals surface area contributed by atoms with Crippen molar-refractivity contribution in [3.05, 3.63) is 65.1 Å². The summed E-state index contributed by atoms with van der Waals surface area (Å²) >= 11 is 6.66. The van der Waals surface area contributed by atoms with E-state index < -0.39 is 11.7 Å². The van der Waals surface area contributed by atoms with Crippen molar-refractivity contribution >= 4 is 39.8 Å². The van der Waals surface area contributed by atoms with E-state index in [2.05, 4.69) is 52.6 Å². The second-order valence-corrected chi connectivity index (χ2v) is 11.4. The Balaban J connectivity index is 0.00000118. The average molecular weight is 606 g/mol. The topological polar surface area (TPSA) is 88.8 Å². The van der Waals surface area contributed by atoms with Gasteiger partial charge in [-0.05, 0) is 50.4 Å². The van der Waals surface area contributed by atoms with Crippen LogP contribution in [-0.2, 0) is 17.8 Å². The third-order valence-corrected chi connectivity index (χ3v) is 8.69. The van der Waals surface area contributed by atoms with Crippen LogP contribution in [0.3, 0.4) is 0 Å². The molecule has 3 aromatic rings. The zero-order valence-corrected chi connectivity index (χ0v) is 25.5. The van der Waals surface area contributed by atoms with Gasteiger partial charge in [0.1, 0.15) is 12.4 Å². The zero-order valence-electron chi connectivity index (χ0n) is 24.7. The fourth-order valence-corrected chi connectivity index (χ4v) is 6.39. The van der Waals surface area contributed by atoms with Crippen LogP contribution in [0.1, 0.15) is 31.0 Å². The van der Waals surface area contributed by atoms with Gasteiger partial charge >= 0.3 is 6.01 Å². The van der Waals surface area contributed by atoms with Gasteiger partial charge < -0.3 is 24.3 Å². The molecule has 2 fully saturated rings. The predicted octanol–water partition coefficient (Wildman–Crippen LogP) is 4.98. The molecule has 4 heterocycles. The van der Waals surface area contributed by atoms with Crippen LogP contribution in [0.25, 0.3) is 10.8 Å². The molecular formula is C32H37ClFN7O2. The number of hydrogen-bond donors (Lipinski definition) is 0.